The van der Waals surface area contributed by atoms with Gasteiger partial charge in [-0.15, -0.1) is 0 Å². The summed E-state index contributed by atoms with van der Waals surface area (Å²) in [4.78, 5) is 13.2. The van der Waals surface area contributed by atoms with Gasteiger partial charge in [0.25, 0.3) is 5.91 Å². The number of fused-ring (bicyclic) bond motifs is 1. The molecule has 1 atom stereocenters. The molecule has 3 aromatic rings. The molecule has 2 aromatic carbocycles. The molecule has 0 saturated heterocycles. The minimum Gasteiger partial charge on any atom is -0.490 e. The van der Waals surface area contributed by atoms with E-state index in [1.54, 1.807) is 49.4 Å². The number of aliphatic hydroxyl groups is 1. The Morgan fingerprint density at radius 3 is 2.49 bits per heavy atom. The first-order valence-electron chi connectivity index (χ1n) is 10.8. The van der Waals surface area contributed by atoms with Crippen molar-refractivity contribution in [3.05, 3.63) is 59.4 Å². The number of ether oxygens (including phenoxy) is 1. The summed E-state index contributed by atoms with van der Waals surface area (Å²) in [6.45, 7) is 2.04. The number of amides is 1. The monoisotopic (exact) mass is 503 g/mol. The van der Waals surface area contributed by atoms with Crippen molar-refractivity contribution >= 4 is 38.6 Å². The van der Waals surface area contributed by atoms with Crippen LogP contribution in [0.2, 0.25) is 0 Å². The van der Waals surface area contributed by atoms with Crippen LogP contribution in [0.3, 0.4) is 0 Å². The molecule has 0 aliphatic carbocycles. The Morgan fingerprint density at radius 2 is 1.91 bits per heavy atom. The van der Waals surface area contributed by atoms with Crippen molar-refractivity contribution in [2.45, 2.75) is 19.4 Å². The number of hydrogen-bond donors (Lipinski definition) is 5. The predicted octanol–water partition coefficient (Wildman–Crippen LogP) is 1.73. The molecule has 0 bridgehead atoms. The van der Waals surface area contributed by atoms with Crippen LogP contribution in [-0.4, -0.2) is 56.9 Å². The number of anilines is 1. The number of carbonyl (C=O) groups excluding carboxylic acids is 1. The van der Waals surface area contributed by atoms with Crippen LogP contribution < -0.4 is 20.5 Å². The van der Waals surface area contributed by atoms with E-state index in [2.05, 4.69) is 10.0 Å². The van der Waals surface area contributed by atoms with Crippen molar-refractivity contribution < 1.29 is 27.5 Å². The fourth-order valence-electron chi connectivity index (χ4n) is 3.35. The first kappa shape index (κ1) is 26.0. The summed E-state index contributed by atoms with van der Waals surface area (Å²) in [6, 6.07) is 10.4. The van der Waals surface area contributed by atoms with Crippen LogP contribution in [0.25, 0.3) is 11.0 Å². The lowest BCUT2D eigenvalue weighted by Crippen LogP contribution is -2.43. The van der Waals surface area contributed by atoms with Gasteiger partial charge in [-0.25, -0.2) is 4.72 Å². The molecule has 1 heterocycles. The van der Waals surface area contributed by atoms with Crippen molar-refractivity contribution in [3.8, 4) is 5.75 Å². The maximum atomic E-state index is 13.2. The van der Waals surface area contributed by atoms with E-state index in [-0.39, 0.29) is 12.4 Å². The molecule has 0 fully saturated rings. The molecule has 0 aliphatic rings. The second-order valence-electron chi connectivity index (χ2n) is 7.88. The SMILES string of the molecule is CCOc1cc(C(Nc2ccc(C(=N)N)cc2)C(=O)NS(=O)(=O)N(C)C)cc2cc(CCO)oc12. The number of nitrogens with two attached hydrogens (primary N) is 1. The highest BCUT2D eigenvalue weighted by atomic mass is 32.2. The van der Waals surface area contributed by atoms with Crippen LogP contribution in [-0.2, 0) is 21.4 Å². The van der Waals surface area contributed by atoms with Gasteiger partial charge in [-0.1, -0.05) is 0 Å². The summed E-state index contributed by atoms with van der Waals surface area (Å²) >= 11 is 0. The Kier molecular flexibility index (Phi) is 7.99. The summed E-state index contributed by atoms with van der Waals surface area (Å²) in [7, 11) is -1.43. The first-order valence-corrected chi connectivity index (χ1v) is 12.2. The molecule has 3 rings (SSSR count). The van der Waals surface area contributed by atoms with Crippen molar-refractivity contribution in [1.82, 2.24) is 9.03 Å². The highest BCUT2D eigenvalue weighted by Gasteiger charge is 2.28. The Morgan fingerprint density at radius 1 is 1.23 bits per heavy atom. The highest BCUT2D eigenvalue weighted by molar-refractivity contribution is 7.87. The van der Waals surface area contributed by atoms with Crippen LogP contribution in [0, 0.1) is 5.41 Å². The average Bonchev–Trinajstić information content (AvgIpc) is 3.20. The molecule has 1 aromatic heterocycles. The number of nitrogens with zero attached hydrogens (tertiary/aromatic N) is 1. The van der Waals surface area contributed by atoms with E-state index in [9.17, 15) is 18.3 Å². The number of furan rings is 1. The Bertz CT molecular complexity index is 1320. The molecule has 1 amide bonds. The van der Waals surface area contributed by atoms with E-state index in [4.69, 9.17) is 20.3 Å². The standard InChI is InChI=1S/C23H29N5O6S/c1-4-33-19-13-15(11-16-12-18(9-10-29)34-21(16)19)20(23(30)27-35(31,32)28(2)3)26-17-7-5-14(6-8-17)22(24)25/h5-8,11-13,20,26,29H,4,9-10H2,1-3H3,(H3,24,25)(H,27,30). The van der Waals surface area contributed by atoms with E-state index in [1.165, 1.54) is 14.1 Å². The Balaban J connectivity index is 2.09. The van der Waals surface area contributed by atoms with E-state index in [1.807, 2.05) is 0 Å². The summed E-state index contributed by atoms with van der Waals surface area (Å²) in [5, 5.41) is 20.5. The quantitative estimate of drug-likeness (QED) is 0.194. The lowest BCUT2D eigenvalue weighted by atomic mass is 10.0. The average molecular weight is 504 g/mol. The smallest absolute Gasteiger partial charge is 0.303 e. The second-order valence-corrected chi connectivity index (χ2v) is 9.76. The van der Waals surface area contributed by atoms with Gasteiger partial charge >= 0.3 is 10.2 Å². The fourth-order valence-corrected chi connectivity index (χ4v) is 3.90. The molecule has 6 N–H and O–H groups in total. The molecule has 1 unspecified atom stereocenters. The van der Waals surface area contributed by atoms with Crippen LogP contribution >= 0.6 is 0 Å². The minimum atomic E-state index is -4.06. The van der Waals surface area contributed by atoms with Crippen LogP contribution in [0.4, 0.5) is 5.69 Å². The molecule has 0 aliphatic heterocycles. The lowest BCUT2D eigenvalue weighted by Gasteiger charge is -2.22. The van der Waals surface area contributed by atoms with Crippen molar-refractivity contribution in [1.29, 1.82) is 5.41 Å². The van der Waals surface area contributed by atoms with Crippen molar-refractivity contribution in [2.75, 3.05) is 32.6 Å². The number of benzene rings is 2. The van der Waals surface area contributed by atoms with E-state index < -0.39 is 22.2 Å². The van der Waals surface area contributed by atoms with Crippen LogP contribution in [0.1, 0.15) is 29.9 Å². The lowest BCUT2D eigenvalue weighted by molar-refractivity contribution is -0.120. The normalized spacial score (nSPS) is 12.5. The van der Waals surface area contributed by atoms with E-state index >= 15 is 0 Å². The molecular formula is C23H29N5O6S. The van der Waals surface area contributed by atoms with Crippen molar-refractivity contribution in [3.63, 3.8) is 0 Å². The number of aliphatic hydroxyl groups excluding tert-OH is 1. The van der Waals surface area contributed by atoms with Gasteiger partial charge in [0, 0.05) is 37.2 Å². The zero-order valence-corrected chi connectivity index (χ0v) is 20.5. The number of nitrogens with one attached hydrogen (secondary N) is 3. The predicted molar refractivity (Wildman–Crippen MR) is 133 cm³/mol. The van der Waals surface area contributed by atoms with Gasteiger partial charge in [0.15, 0.2) is 11.3 Å². The second kappa shape index (κ2) is 10.8. The fraction of sp³-hybridized carbons (Fsp3) is 0.304. The largest absolute Gasteiger partial charge is 0.490 e. The number of amidine groups is 1. The van der Waals surface area contributed by atoms with E-state index in [0.29, 0.717) is 52.3 Å². The van der Waals surface area contributed by atoms with Gasteiger partial charge in [-0.05, 0) is 55.0 Å². The molecule has 11 nitrogen and oxygen atoms in total. The molecule has 12 heteroatoms. The van der Waals surface area contributed by atoms with Gasteiger partial charge in [-0.2, -0.15) is 12.7 Å². The third-order valence-corrected chi connectivity index (χ3v) is 6.55. The number of nitrogen functional groups attached to an aromatic ring is 1. The van der Waals surface area contributed by atoms with Gasteiger partial charge in [0.1, 0.15) is 17.6 Å². The van der Waals surface area contributed by atoms with Gasteiger partial charge in [-0.3, -0.25) is 10.2 Å². The van der Waals surface area contributed by atoms with Gasteiger partial charge in [0.2, 0.25) is 0 Å². The summed E-state index contributed by atoms with van der Waals surface area (Å²) in [5.74, 6) is 0.0133. The first-order chi connectivity index (χ1) is 16.6. The van der Waals surface area contributed by atoms with Crippen LogP contribution in [0.5, 0.6) is 5.75 Å². The third kappa shape index (κ3) is 6.10. The summed E-state index contributed by atoms with van der Waals surface area (Å²) in [5.41, 5.74) is 7.41. The maximum absolute atomic E-state index is 13.2. The summed E-state index contributed by atoms with van der Waals surface area (Å²) < 4.78 is 39.3. The maximum Gasteiger partial charge on any atom is 0.303 e. The topological polar surface area (TPSA) is 171 Å². The van der Waals surface area contributed by atoms with Crippen LogP contribution in [0.15, 0.2) is 46.9 Å². The summed E-state index contributed by atoms with van der Waals surface area (Å²) in [6.07, 6.45) is 0.307. The molecule has 0 saturated carbocycles. The zero-order chi connectivity index (χ0) is 25.8. The highest BCUT2D eigenvalue weighted by Crippen LogP contribution is 2.34. The molecule has 0 radical (unpaired) electrons. The third-order valence-electron chi connectivity index (χ3n) is 5.13. The molecule has 35 heavy (non-hydrogen) atoms. The van der Waals surface area contributed by atoms with E-state index in [0.717, 1.165) is 4.31 Å². The Labute approximate surface area is 203 Å². The molecule has 0 spiro atoms. The number of hydrogen-bond acceptors (Lipinski definition) is 8. The molecular weight excluding hydrogens is 474 g/mol. The van der Waals surface area contributed by atoms with Crippen molar-refractivity contribution in [2.24, 2.45) is 5.73 Å². The van der Waals surface area contributed by atoms with Gasteiger partial charge in [0.05, 0.1) is 13.2 Å². The zero-order valence-electron chi connectivity index (χ0n) is 19.7. The Hall–Kier alpha value is -3.61. The number of rotatable bonds is 11. The molecule has 188 valence electrons. The minimum absolute atomic E-state index is 0.0954. The number of carbonyl (C=O) groups is 1. The van der Waals surface area contributed by atoms with Gasteiger partial charge < -0.3 is 25.3 Å².